The summed E-state index contributed by atoms with van der Waals surface area (Å²) in [5.41, 5.74) is 1.51. The van der Waals surface area contributed by atoms with Gasteiger partial charge in [-0.2, -0.15) is 5.26 Å². The van der Waals surface area contributed by atoms with Gasteiger partial charge in [0.1, 0.15) is 17.3 Å². The Bertz CT molecular complexity index is 605. The molecule has 1 aromatic heterocycles. The van der Waals surface area contributed by atoms with Crippen LogP contribution in [-0.4, -0.2) is 17.6 Å². The van der Waals surface area contributed by atoms with Crippen LogP contribution in [-0.2, 0) is 11.8 Å². The Morgan fingerprint density at radius 2 is 2.12 bits per heavy atom. The zero-order valence-electron chi connectivity index (χ0n) is 9.02. The molecule has 0 saturated carbocycles. The van der Waals surface area contributed by atoms with Crippen molar-refractivity contribution >= 4 is 16.9 Å². The van der Waals surface area contributed by atoms with Crippen LogP contribution in [0.15, 0.2) is 24.3 Å². The number of ether oxygens (including phenoxy) is 1. The molecule has 0 saturated heterocycles. The molecular formula is C12H10N2O2. The van der Waals surface area contributed by atoms with Gasteiger partial charge in [0.05, 0.1) is 7.11 Å². The van der Waals surface area contributed by atoms with E-state index in [1.807, 2.05) is 30.3 Å². The summed E-state index contributed by atoms with van der Waals surface area (Å²) in [6.07, 6.45) is 0. The van der Waals surface area contributed by atoms with Crippen molar-refractivity contribution in [3.63, 3.8) is 0 Å². The first-order valence-corrected chi connectivity index (χ1v) is 4.76. The largest absolute Gasteiger partial charge is 0.465 e. The second-order valence-electron chi connectivity index (χ2n) is 3.40. The Morgan fingerprint density at radius 1 is 1.44 bits per heavy atom. The number of hydrogen-bond donors (Lipinski definition) is 0. The van der Waals surface area contributed by atoms with Crippen LogP contribution < -0.4 is 0 Å². The number of nitriles is 1. The van der Waals surface area contributed by atoms with Crippen LogP contribution in [0, 0.1) is 11.3 Å². The minimum atomic E-state index is -0.478. The highest BCUT2D eigenvalue weighted by molar-refractivity contribution is 6.06. The van der Waals surface area contributed by atoms with Gasteiger partial charge in [-0.3, -0.25) is 0 Å². The van der Waals surface area contributed by atoms with Gasteiger partial charge in [-0.1, -0.05) is 18.2 Å². The van der Waals surface area contributed by atoms with Gasteiger partial charge in [0.2, 0.25) is 0 Å². The number of esters is 1. The third kappa shape index (κ3) is 1.26. The first-order valence-electron chi connectivity index (χ1n) is 4.76. The lowest BCUT2D eigenvalue weighted by atomic mass is 10.1. The van der Waals surface area contributed by atoms with E-state index in [0.717, 1.165) is 10.9 Å². The van der Waals surface area contributed by atoms with Gasteiger partial charge in [0.15, 0.2) is 0 Å². The van der Waals surface area contributed by atoms with Crippen molar-refractivity contribution in [1.82, 2.24) is 4.57 Å². The standard InChI is InChI=1S/C12H10N2O2/c1-14-9-6-4-3-5-8(9)11(10(14)7-13)12(15)16-2/h3-6H,1-2H3. The molecule has 0 bridgehead atoms. The number of carbonyl (C=O) groups is 1. The van der Waals surface area contributed by atoms with Crippen LogP contribution in [0.4, 0.5) is 0 Å². The van der Waals surface area contributed by atoms with Crippen molar-refractivity contribution in [1.29, 1.82) is 5.26 Å². The molecule has 2 aromatic rings. The second kappa shape index (κ2) is 3.70. The van der Waals surface area contributed by atoms with Gasteiger partial charge in [0, 0.05) is 18.0 Å². The molecule has 16 heavy (non-hydrogen) atoms. The minimum absolute atomic E-state index is 0.327. The summed E-state index contributed by atoms with van der Waals surface area (Å²) in [5.74, 6) is -0.478. The Morgan fingerprint density at radius 3 is 2.75 bits per heavy atom. The number of para-hydroxylation sites is 1. The maximum Gasteiger partial charge on any atom is 0.341 e. The lowest BCUT2D eigenvalue weighted by Gasteiger charge is -1.97. The summed E-state index contributed by atoms with van der Waals surface area (Å²) in [6.45, 7) is 0. The van der Waals surface area contributed by atoms with Gasteiger partial charge < -0.3 is 9.30 Å². The summed E-state index contributed by atoms with van der Waals surface area (Å²) in [6, 6.07) is 9.40. The lowest BCUT2D eigenvalue weighted by Crippen LogP contribution is -2.04. The fraction of sp³-hybridized carbons (Fsp3) is 0.167. The third-order valence-electron chi connectivity index (χ3n) is 2.60. The number of hydrogen-bond acceptors (Lipinski definition) is 3. The van der Waals surface area contributed by atoms with Crippen molar-refractivity contribution < 1.29 is 9.53 Å². The van der Waals surface area contributed by atoms with E-state index in [1.165, 1.54) is 7.11 Å². The highest BCUT2D eigenvalue weighted by Gasteiger charge is 2.20. The Kier molecular flexibility index (Phi) is 2.37. The van der Waals surface area contributed by atoms with E-state index in [-0.39, 0.29) is 0 Å². The van der Waals surface area contributed by atoms with Crippen LogP contribution in [0.1, 0.15) is 16.1 Å². The smallest absolute Gasteiger partial charge is 0.341 e. The average Bonchev–Trinajstić information content (AvgIpc) is 2.62. The highest BCUT2D eigenvalue weighted by Crippen LogP contribution is 2.25. The van der Waals surface area contributed by atoms with E-state index < -0.39 is 5.97 Å². The first-order chi connectivity index (χ1) is 7.70. The van der Waals surface area contributed by atoms with E-state index in [9.17, 15) is 4.79 Å². The maximum atomic E-state index is 11.6. The molecule has 0 spiro atoms. The summed E-state index contributed by atoms with van der Waals surface area (Å²) in [7, 11) is 3.07. The van der Waals surface area contributed by atoms with E-state index in [0.29, 0.717) is 11.3 Å². The summed E-state index contributed by atoms with van der Waals surface area (Å²) >= 11 is 0. The monoisotopic (exact) mass is 214 g/mol. The molecule has 0 fully saturated rings. The first kappa shape index (κ1) is 10.2. The molecule has 0 radical (unpaired) electrons. The van der Waals surface area contributed by atoms with Crippen molar-refractivity contribution in [2.24, 2.45) is 7.05 Å². The Labute approximate surface area is 92.7 Å². The van der Waals surface area contributed by atoms with Gasteiger partial charge in [-0.15, -0.1) is 0 Å². The summed E-state index contributed by atoms with van der Waals surface area (Å²) in [4.78, 5) is 11.6. The molecule has 4 heteroatoms. The predicted octanol–water partition coefficient (Wildman–Crippen LogP) is 1.84. The van der Waals surface area contributed by atoms with E-state index in [1.54, 1.807) is 11.6 Å². The third-order valence-corrected chi connectivity index (χ3v) is 2.60. The minimum Gasteiger partial charge on any atom is -0.465 e. The van der Waals surface area contributed by atoms with Gasteiger partial charge in [-0.05, 0) is 6.07 Å². The molecular weight excluding hydrogens is 204 g/mol. The molecule has 2 rings (SSSR count). The summed E-state index contributed by atoms with van der Waals surface area (Å²) in [5, 5.41) is 9.81. The zero-order valence-corrected chi connectivity index (χ0v) is 9.02. The van der Waals surface area contributed by atoms with Crippen molar-refractivity contribution in [2.45, 2.75) is 0 Å². The summed E-state index contributed by atoms with van der Waals surface area (Å²) < 4.78 is 6.39. The molecule has 0 unspecified atom stereocenters. The molecule has 80 valence electrons. The van der Waals surface area contributed by atoms with Crippen molar-refractivity contribution in [3.8, 4) is 6.07 Å². The molecule has 1 aromatic carbocycles. The molecule has 4 nitrogen and oxygen atoms in total. The molecule has 0 atom stereocenters. The molecule has 0 aliphatic carbocycles. The number of aromatic nitrogens is 1. The predicted molar refractivity (Wildman–Crippen MR) is 59.0 cm³/mol. The maximum absolute atomic E-state index is 11.6. The van der Waals surface area contributed by atoms with Gasteiger partial charge >= 0.3 is 5.97 Å². The van der Waals surface area contributed by atoms with Crippen molar-refractivity contribution in [2.75, 3.05) is 7.11 Å². The number of carbonyl (C=O) groups excluding carboxylic acids is 1. The number of methoxy groups -OCH3 is 1. The van der Waals surface area contributed by atoms with Gasteiger partial charge in [-0.25, -0.2) is 4.79 Å². The normalized spacial score (nSPS) is 10.1. The molecule has 0 N–H and O–H groups in total. The number of fused-ring (bicyclic) bond motifs is 1. The number of benzene rings is 1. The molecule has 0 aliphatic heterocycles. The number of aryl methyl sites for hydroxylation is 1. The Hall–Kier alpha value is -2.28. The average molecular weight is 214 g/mol. The van der Waals surface area contributed by atoms with Gasteiger partial charge in [0.25, 0.3) is 0 Å². The number of rotatable bonds is 1. The fourth-order valence-corrected chi connectivity index (χ4v) is 1.83. The molecule has 0 amide bonds. The fourth-order valence-electron chi connectivity index (χ4n) is 1.83. The van der Waals surface area contributed by atoms with Crippen LogP contribution in [0.5, 0.6) is 0 Å². The topological polar surface area (TPSA) is 55.0 Å². The van der Waals surface area contributed by atoms with E-state index >= 15 is 0 Å². The second-order valence-corrected chi connectivity index (χ2v) is 3.40. The highest BCUT2D eigenvalue weighted by atomic mass is 16.5. The Balaban J connectivity index is 2.90. The van der Waals surface area contributed by atoms with Crippen LogP contribution >= 0.6 is 0 Å². The molecule has 1 heterocycles. The zero-order chi connectivity index (χ0) is 11.7. The van der Waals surface area contributed by atoms with Crippen LogP contribution in [0.25, 0.3) is 10.9 Å². The molecule has 0 aliphatic rings. The number of nitrogens with zero attached hydrogens (tertiary/aromatic N) is 2. The van der Waals surface area contributed by atoms with E-state index in [2.05, 4.69) is 0 Å². The van der Waals surface area contributed by atoms with Crippen LogP contribution in [0.2, 0.25) is 0 Å². The quantitative estimate of drug-likeness (QED) is 0.680. The SMILES string of the molecule is COC(=O)c1c(C#N)n(C)c2ccccc12. The van der Waals surface area contributed by atoms with Crippen molar-refractivity contribution in [3.05, 3.63) is 35.5 Å². The lowest BCUT2D eigenvalue weighted by molar-refractivity contribution is 0.0602. The van der Waals surface area contributed by atoms with E-state index in [4.69, 9.17) is 10.00 Å². The van der Waals surface area contributed by atoms with Crippen LogP contribution in [0.3, 0.4) is 0 Å².